The lowest BCUT2D eigenvalue weighted by molar-refractivity contribution is 0.973. The quantitative estimate of drug-likeness (QED) is 0.448. The van der Waals surface area contributed by atoms with Crippen LogP contribution in [0.1, 0.15) is 0 Å². The molecule has 0 saturated heterocycles. The summed E-state index contributed by atoms with van der Waals surface area (Å²) in [7, 11) is 0. The van der Waals surface area contributed by atoms with Crippen LogP contribution in [-0.4, -0.2) is 6.67 Å². The maximum Gasteiger partial charge on any atom is 0.0632 e. The Kier molecular flexibility index (Phi) is 6.86. The Hall–Kier alpha value is 1.38. The van der Waals surface area contributed by atoms with Gasteiger partial charge in [-0.25, -0.2) is 7.06 Å². The number of hydrogen-bond donors (Lipinski definition) is 2. The van der Waals surface area contributed by atoms with Gasteiger partial charge >= 0.3 is 0 Å². The van der Waals surface area contributed by atoms with Crippen LogP contribution in [-0.2, 0) is 0 Å². The van der Waals surface area contributed by atoms with Crippen LogP contribution in [0.2, 0.25) is 0 Å². The molecule has 0 saturated carbocycles. The predicted octanol–water partition coefficient (Wildman–Crippen LogP) is 0.823. The van der Waals surface area contributed by atoms with Crippen molar-refractivity contribution in [3.63, 3.8) is 0 Å². The van der Waals surface area contributed by atoms with Crippen LogP contribution < -0.4 is 7.06 Å². The normalized spacial score (nSPS) is 8.40. The molecule has 0 aliphatic heterocycles. The minimum absolute atomic E-state index is 0.862. The van der Waals surface area contributed by atoms with Crippen LogP contribution in [0.15, 0.2) is 0 Å². The van der Waals surface area contributed by atoms with Gasteiger partial charge in [0.1, 0.15) is 0 Å². The fraction of sp³-hybridized carbons (Fsp3) is 1.00. The lowest BCUT2D eigenvalue weighted by Crippen LogP contribution is -2.10. The summed E-state index contributed by atoms with van der Waals surface area (Å²) in [4.78, 5) is 0. The first-order valence-electron chi connectivity index (χ1n) is 1.09. The molecule has 0 radical (unpaired) electrons. The summed E-state index contributed by atoms with van der Waals surface area (Å²) in [6.45, 7) is 0.862. The van der Waals surface area contributed by atoms with Crippen LogP contribution >= 0.6 is 45.7 Å². The smallest absolute Gasteiger partial charge is 0.0632 e. The Morgan fingerprint density at radius 3 is 1.60 bits per heavy atom. The summed E-state index contributed by atoms with van der Waals surface area (Å²) in [5, 5.41) is 0. The van der Waals surface area contributed by atoms with Gasteiger partial charge in [-0.05, 0) is 0 Å². The lowest BCUT2D eigenvalue weighted by atomic mass is 11.3. The highest BCUT2D eigenvalue weighted by atomic mass is 127. The Morgan fingerprint density at radius 2 is 1.60 bits per heavy atom. The zero-order chi connectivity index (χ0) is 4.12. The summed E-state index contributed by atoms with van der Waals surface area (Å²) >= 11 is 4.14. The van der Waals surface area contributed by atoms with E-state index in [1.807, 2.05) is 0 Å². The third-order valence-corrected chi connectivity index (χ3v) is 0.896. The second-order valence-electron chi connectivity index (χ2n) is 0.444. The van der Waals surface area contributed by atoms with Gasteiger partial charge in [0.05, 0.1) is 6.67 Å². The molecule has 0 aromatic carbocycles. The standard InChI is InChI=1S/CH4I2N2/c2-4-1-5-3/h4-5H,1H2. The van der Waals surface area contributed by atoms with E-state index >= 15 is 0 Å². The average molecular weight is 298 g/mol. The van der Waals surface area contributed by atoms with Crippen molar-refractivity contribution in [3.05, 3.63) is 0 Å². The molecule has 5 heavy (non-hydrogen) atoms. The molecule has 32 valence electrons. The van der Waals surface area contributed by atoms with E-state index in [9.17, 15) is 0 Å². The molecule has 0 bridgehead atoms. The van der Waals surface area contributed by atoms with Crippen molar-refractivity contribution in [1.29, 1.82) is 0 Å². The average Bonchev–Trinajstić information content (AvgIpc) is 1.41. The van der Waals surface area contributed by atoms with Crippen molar-refractivity contribution >= 4 is 45.7 Å². The Balaban J connectivity index is 2.19. The van der Waals surface area contributed by atoms with Crippen LogP contribution in [0.3, 0.4) is 0 Å². The first-order chi connectivity index (χ1) is 2.41. The SMILES string of the molecule is INCNI. The van der Waals surface area contributed by atoms with Gasteiger partial charge < -0.3 is 0 Å². The van der Waals surface area contributed by atoms with E-state index in [1.165, 1.54) is 0 Å². The van der Waals surface area contributed by atoms with Gasteiger partial charge in [0, 0.05) is 45.7 Å². The van der Waals surface area contributed by atoms with Crippen molar-refractivity contribution in [1.82, 2.24) is 7.06 Å². The summed E-state index contributed by atoms with van der Waals surface area (Å²) in [6, 6.07) is 0. The molecular formula is CH4I2N2. The van der Waals surface area contributed by atoms with E-state index in [0.717, 1.165) is 6.67 Å². The highest BCUT2D eigenvalue weighted by molar-refractivity contribution is 14.1. The number of hydrogen-bond acceptors (Lipinski definition) is 2. The highest BCUT2D eigenvalue weighted by Crippen LogP contribution is 1.66. The van der Waals surface area contributed by atoms with Crippen molar-refractivity contribution < 1.29 is 0 Å². The second-order valence-corrected chi connectivity index (χ2v) is 1.97. The Bertz CT molecular complexity index is 15.1. The largest absolute Gasteiger partial charge is 0.247 e. The molecule has 0 aromatic rings. The summed E-state index contributed by atoms with van der Waals surface area (Å²) < 4.78 is 5.74. The second kappa shape index (κ2) is 5.38. The molecule has 0 aliphatic rings. The Labute approximate surface area is 59.1 Å². The van der Waals surface area contributed by atoms with Crippen molar-refractivity contribution in [3.8, 4) is 0 Å². The molecule has 4 heteroatoms. The van der Waals surface area contributed by atoms with Gasteiger partial charge in [-0.15, -0.1) is 0 Å². The van der Waals surface area contributed by atoms with E-state index in [1.54, 1.807) is 0 Å². The predicted molar refractivity (Wildman–Crippen MR) is 39.2 cm³/mol. The molecule has 0 aromatic heterocycles. The van der Waals surface area contributed by atoms with Crippen LogP contribution in [0.25, 0.3) is 0 Å². The fourth-order valence-corrected chi connectivity index (χ4v) is 1.14. The Morgan fingerprint density at radius 1 is 1.20 bits per heavy atom. The minimum Gasteiger partial charge on any atom is -0.247 e. The molecule has 0 amide bonds. The van der Waals surface area contributed by atoms with E-state index in [0.29, 0.717) is 0 Å². The molecule has 0 aliphatic carbocycles. The fourth-order valence-electron chi connectivity index (χ4n) is 0.0253. The molecule has 0 atom stereocenters. The number of nitrogens with one attached hydrogen (secondary N) is 2. The molecule has 2 nitrogen and oxygen atoms in total. The number of rotatable bonds is 2. The van der Waals surface area contributed by atoms with Gasteiger partial charge in [0.25, 0.3) is 0 Å². The zero-order valence-corrected chi connectivity index (χ0v) is 6.78. The lowest BCUT2D eigenvalue weighted by Gasteiger charge is -1.84. The monoisotopic (exact) mass is 298 g/mol. The van der Waals surface area contributed by atoms with Gasteiger partial charge in [-0.2, -0.15) is 0 Å². The topological polar surface area (TPSA) is 24.1 Å². The molecule has 0 heterocycles. The van der Waals surface area contributed by atoms with E-state index in [-0.39, 0.29) is 0 Å². The molecule has 0 spiro atoms. The zero-order valence-electron chi connectivity index (χ0n) is 2.46. The summed E-state index contributed by atoms with van der Waals surface area (Å²) in [6.07, 6.45) is 0. The van der Waals surface area contributed by atoms with Crippen molar-refractivity contribution in [2.24, 2.45) is 0 Å². The highest BCUT2D eigenvalue weighted by Gasteiger charge is 1.64. The molecule has 2 N–H and O–H groups in total. The first kappa shape index (κ1) is 6.38. The first-order valence-corrected chi connectivity index (χ1v) is 3.24. The molecule has 0 fully saturated rings. The van der Waals surface area contributed by atoms with Crippen molar-refractivity contribution in [2.75, 3.05) is 6.67 Å². The van der Waals surface area contributed by atoms with Gasteiger partial charge in [-0.3, -0.25) is 0 Å². The summed E-state index contributed by atoms with van der Waals surface area (Å²) in [5.74, 6) is 0. The van der Waals surface area contributed by atoms with Crippen LogP contribution in [0, 0.1) is 0 Å². The van der Waals surface area contributed by atoms with E-state index in [4.69, 9.17) is 0 Å². The maximum atomic E-state index is 2.87. The molecular weight excluding hydrogens is 294 g/mol. The summed E-state index contributed by atoms with van der Waals surface area (Å²) in [5.41, 5.74) is 0. The van der Waals surface area contributed by atoms with Gasteiger partial charge in [0.15, 0.2) is 0 Å². The minimum atomic E-state index is 0.862. The third kappa shape index (κ3) is 5.38. The molecule has 0 unspecified atom stereocenters. The van der Waals surface area contributed by atoms with E-state index in [2.05, 4.69) is 52.8 Å². The van der Waals surface area contributed by atoms with Crippen LogP contribution in [0.4, 0.5) is 0 Å². The van der Waals surface area contributed by atoms with Gasteiger partial charge in [0.2, 0.25) is 0 Å². The van der Waals surface area contributed by atoms with Gasteiger partial charge in [-0.1, -0.05) is 0 Å². The van der Waals surface area contributed by atoms with Crippen LogP contribution in [0.5, 0.6) is 0 Å². The number of halogens is 2. The van der Waals surface area contributed by atoms with E-state index < -0.39 is 0 Å². The third-order valence-electron chi connectivity index (χ3n) is 0.134. The van der Waals surface area contributed by atoms with Crippen molar-refractivity contribution in [2.45, 2.75) is 0 Å². The molecule has 0 rings (SSSR count). The maximum absolute atomic E-state index is 2.87.